The number of rotatable bonds is 0. The Hall–Kier alpha value is -1.26. The summed E-state index contributed by atoms with van der Waals surface area (Å²) < 4.78 is 4.58. The van der Waals surface area contributed by atoms with Crippen molar-refractivity contribution < 1.29 is 19.4 Å². The lowest BCUT2D eigenvalue weighted by Crippen LogP contribution is -2.27. The monoisotopic (exact) mass is 176 g/mol. The Morgan fingerprint density at radius 2 is 1.58 bits per heavy atom. The SMILES string of the molecule is CC(=O)[O-].CC(C)(C)OC(N)=O. The molecule has 0 aromatic heterocycles. The first-order chi connectivity index (χ1) is 5.15. The van der Waals surface area contributed by atoms with Gasteiger partial charge in [0.1, 0.15) is 5.60 Å². The van der Waals surface area contributed by atoms with Crippen LogP contribution in [0.3, 0.4) is 0 Å². The third kappa shape index (κ3) is 37.4. The maximum absolute atomic E-state index is 10.0. The zero-order valence-corrected chi connectivity index (χ0v) is 7.71. The Morgan fingerprint density at radius 1 is 1.33 bits per heavy atom. The molecular weight excluding hydrogens is 162 g/mol. The molecule has 0 heterocycles. The van der Waals surface area contributed by atoms with Crippen LogP contribution >= 0.6 is 0 Å². The van der Waals surface area contributed by atoms with Gasteiger partial charge < -0.3 is 20.4 Å². The van der Waals surface area contributed by atoms with Crippen molar-refractivity contribution in [1.29, 1.82) is 0 Å². The molecule has 0 fully saturated rings. The first kappa shape index (κ1) is 13.3. The Balaban J connectivity index is 0. The van der Waals surface area contributed by atoms with Gasteiger partial charge in [-0.25, -0.2) is 4.79 Å². The fourth-order valence-corrected chi connectivity index (χ4v) is 0.302. The van der Waals surface area contributed by atoms with E-state index in [1.54, 1.807) is 20.8 Å². The molecule has 0 radical (unpaired) electrons. The summed E-state index contributed by atoms with van der Waals surface area (Å²) in [5.41, 5.74) is 4.26. The highest BCUT2D eigenvalue weighted by Crippen LogP contribution is 2.04. The Labute approximate surface area is 71.5 Å². The molecule has 1 amide bonds. The van der Waals surface area contributed by atoms with Gasteiger partial charge in [0, 0.05) is 5.97 Å². The zero-order chi connectivity index (χ0) is 10.4. The number of carboxylic acid groups (broad SMARTS) is 1. The van der Waals surface area contributed by atoms with E-state index < -0.39 is 17.7 Å². The quantitative estimate of drug-likeness (QED) is 0.545. The standard InChI is InChI=1S/C5H11NO2.C2H4O2/c1-5(2,3)8-4(6)7;1-2(3)4/h1-3H3,(H2,6,7);1H3,(H,3,4)/p-1. The van der Waals surface area contributed by atoms with Gasteiger partial charge >= 0.3 is 6.09 Å². The summed E-state index contributed by atoms with van der Waals surface area (Å²) in [7, 11) is 0. The molecule has 0 bridgehead atoms. The van der Waals surface area contributed by atoms with Crippen molar-refractivity contribution in [2.45, 2.75) is 33.3 Å². The average Bonchev–Trinajstić information content (AvgIpc) is 1.52. The van der Waals surface area contributed by atoms with Gasteiger partial charge in [0.05, 0.1) is 0 Å². The summed E-state index contributed by atoms with van der Waals surface area (Å²) in [5, 5.41) is 8.89. The summed E-state index contributed by atoms with van der Waals surface area (Å²) in [6.45, 7) is 6.26. The minimum absolute atomic E-state index is 0.453. The van der Waals surface area contributed by atoms with E-state index in [1.165, 1.54) is 0 Å². The second-order valence-electron chi connectivity index (χ2n) is 3.03. The molecule has 0 saturated carbocycles. The molecule has 0 aliphatic carbocycles. The molecule has 12 heavy (non-hydrogen) atoms. The molecule has 72 valence electrons. The van der Waals surface area contributed by atoms with Gasteiger partial charge in [0.2, 0.25) is 0 Å². The van der Waals surface area contributed by atoms with Crippen LogP contribution in [0, 0.1) is 0 Å². The zero-order valence-electron chi connectivity index (χ0n) is 7.71. The van der Waals surface area contributed by atoms with Crippen LogP contribution in [-0.4, -0.2) is 17.7 Å². The fourth-order valence-electron chi connectivity index (χ4n) is 0.302. The molecule has 5 nitrogen and oxygen atoms in total. The van der Waals surface area contributed by atoms with Crippen LogP contribution < -0.4 is 10.8 Å². The average molecular weight is 176 g/mol. The van der Waals surface area contributed by atoms with Crippen LogP contribution in [0.2, 0.25) is 0 Å². The molecule has 0 aliphatic heterocycles. The van der Waals surface area contributed by atoms with Crippen molar-refractivity contribution in [3.63, 3.8) is 0 Å². The number of carboxylic acids is 1. The largest absolute Gasteiger partial charge is 0.550 e. The molecule has 0 unspecified atom stereocenters. The number of aliphatic carboxylic acids is 1. The molecular formula is C7H14NO4-. The van der Waals surface area contributed by atoms with E-state index in [2.05, 4.69) is 4.74 Å². The highest BCUT2D eigenvalue weighted by atomic mass is 16.6. The van der Waals surface area contributed by atoms with Gasteiger partial charge in [-0.05, 0) is 27.7 Å². The van der Waals surface area contributed by atoms with Crippen LogP contribution in [0.1, 0.15) is 27.7 Å². The van der Waals surface area contributed by atoms with Gasteiger partial charge in [-0.2, -0.15) is 0 Å². The van der Waals surface area contributed by atoms with Crippen LogP contribution in [0.25, 0.3) is 0 Å². The molecule has 5 heteroatoms. The van der Waals surface area contributed by atoms with Crippen LogP contribution in [0.15, 0.2) is 0 Å². The van der Waals surface area contributed by atoms with Crippen molar-refractivity contribution >= 4 is 12.1 Å². The van der Waals surface area contributed by atoms with Crippen LogP contribution in [0.5, 0.6) is 0 Å². The number of carbonyl (C=O) groups is 2. The number of carbonyl (C=O) groups excluding carboxylic acids is 2. The molecule has 0 spiro atoms. The molecule has 0 aliphatic rings. The molecule has 0 saturated heterocycles. The maximum atomic E-state index is 10.0. The minimum Gasteiger partial charge on any atom is -0.550 e. The molecule has 0 aromatic rings. The number of amides is 1. The Morgan fingerprint density at radius 3 is 1.58 bits per heavy atom. The normalized spacial score (nSPS) is 9.33. The first-order valence-electron chi connectivity index (χ1n) is 3.31. The van der Waals surface area contributed by atoms with Crippen molar-refractivity contribution in [2.75, 3.05) is 0 Å². The van der Waals surface area contributed by atoms with E-state index in [-0.39, 0.29) is 0 Å². The maximum Gasteiger partial charge on any atom is 0.405 e. The Kier molecular flexibility index (Phi) is 6.00. The molecule has 0 rings (SSSR count). The number of nitrogens with two attached hydrogens (primary N) is 1. The minimum atomic E-state index is -1.08. The first-order valence-corrected chi connectivity index (χ1v) is 3.31. The van der Waals surface area contributed by atoms with E-state index in [4.69, 9.17) is 15.6 Å². The van der Waals surface area contributed by atoms with Gasteiger partial charge in [0.15, 0.2) is 0 Å². The third-order valence-corrected chi connectivity index (χ3v) is 0.407. The van der Waals surface area contributed by atoms with Crippen molar-refractivity contribution in [3.8, 4) is 0 Å². The lowest BCUT2D eigenvalue weighted by atomic mass is 10.2. The summed E-state index contributed by atoms with van der Waals surface area (Å²) in [5.74, 6) is -1.08. The smallest absolute Gasteiger partial charge is 0.405 e. The number of hydrogen-bond donors (Lipinski definition) is 1. The fraction of sp³-hybridized carbons (Fsp3) is 0.714. The number of primary amides is 1. The van der Waals surface area contributed by atoms with Gasteiger partial charge in [-0.1, -0.05) is 0 Å². The number of hydrogen-bond acceptors (Lipinski definition) is 4. The van der Waals surface area contributed by atoms with Crippen molar-refractivity contribution in [3.05, 3.63) is 0 Å². The Bertz CT molecular complexity index is 155. The van der Waals surface area contributed by atoms with E-state index >= 15 is 0 Å². The summed E-state index contributed by atoms with van der Waals surface area (Å²) >= 11 is 0. The summed E-state index contributed by atoms with van der Waals surface area (Å²) in [6, 6.07) is 0. The van der Waals surface area contributed by atoms with E-state index in [0.29, 0.717) is 0 Å². The van der Waals surface area contributed by atoms with E-state index in [1.807, 2.05) is 0 Å². The highest BCUT2D eigenvalue weighted by molar-refractivity contribution is 5.65. The summed E-state index contributed by atoms with van der Waals surface area (Å²) in [4.78, 5) is 18.9. The third-order valence-electron chi connectivity index (χ3n) is 0.407. The lowest BCUT2D eigenvalue weighted by Gasteiger charge is -2.16. The second-order valence-corrected chi connectivity index (χ2v) is 3.03. The summed E-state index contributed by atoms with van der Waals surface area (Å²) in [6.07, 6.45) is -0.725. The van der Waals surface area contributed by atoms with Gasteiger partial charge in [-0.3, -0.25) is 0 Å². The van der Waals surface area contributed by atoms with E-state index in [9.17, 15) is 4.79 Å². The van der Waals surface area contributed by atoms with Gasteiger partial charge in [-0.15, -0.1) is 0 Å². The van der Waals surface area contributed by atoms with Crippen LogP contribution in [-0.2, 0) is 9.53 Å². The van der Waals surface area contributed by atoms with Gasteiger partial charge in [0.25, 0.3) is 0 Å². The topological polar surface area (TPSA) is 92.4 Å². The predicted octanol–water partition coefficient (Wildman–Crippen LogP) is -0.364. The molecule has 2 N–H and O–H groups in total. The van der Waals surface area contributed by atoms with Crippen LogP contribution in [0.4, 0.5) is 4.79 Å². The van der Waals surface area contributed by atoms with E-state index in [0.717, 1.165) is 6.92 Å². The second kappa shape index (κ2) is 5.40. The lowest BCUT2D eigenvalue weighted by molar-refractivity contribution is -0.302. The highest BCUT2D eigenvalue weighted by Gasteiger charge is 2.12. The molecule has 0 aromatic carbocycles. The van der Waals surface area contributed by atoms with Crippen molar-refractivity contribution in [2.24, 2.45) is 5.73 Å². The number of ether oxygens (including phenoxy) is 1. The predicted molar refractivity (Wildman–Crippen MR) is 41.1 cm³/mol. The molecule has 0 atom stereocenters. The van der Waals surface area contributed by atoms with Crippen molar-refractivity contribution in [1.82, 2.24) is 0 Å².